The molecule has 96 valence electrons. The van der Waals surface area contributed by atoms with Crippen LogP contribution in [0.1, 0.15) is 42.7 Å². The molecule has 1 rings (SSSR count). The summed E-state index contributed by atoms with van der Waals surface area (Å²) >= 11 is 0. The molecule has 0 aliphatic heterocycles. The summed E-state index contributed by atoms with van der Waals surface area (Å²) in [5.74, 6) is -0.0565. The summed E-state index contributed by atoms with van der Waals surface area (Å²) < 4.78 is 0. The van der Waals surface area contributed by atoms with Gasteiger partial charge in [0, 0.05) is 18.3 Å². The number of nitrogens with zero attached hydrogens (tertiary/aromatic N) is 2. The summed E-state index contributed by atoms with van der Waals surface area (Å²) in [5, 5.41) is 15.7. The van der Waals surface area contributed by atoms with E-state index < -0.39 is 0 Å². The number of carbonyl (C=O) groups is 1. The van der Waals surface area contributed by atoms with E-state index in [0.717, 1.165) is 18.5 Å². The third-order valence-electron chi connectivity index (χ3n) is 3.05. The van der Waals surface area contributed by atoms with Crippen molar-refractivity contribution in [2.45, 2.75) is 39.7 Å². The van der Waals surface area contributed by atoms with E-state index in [9.17, 15) is 4.79 Å². The Morgan fingerprint density at radius 3 is 2.59 bits per heavy atom. The van der Waals surface area contributed by atoms with Crippen LogP contribution in [0.5, 0.6) is 0 Å². The highest BCUT2D eigenvalue weighted by Crippen LogP contribution is 2.14. The molecule has 1 heterocycles. The lowest BCUT2D eigenvalue weighted by molar-refractivity contribution is 0.0621. The second kappa shape index (κ2) is 6.39. The molecule has 0 bridgehead atoms. The summed E-state index contributed by atoms with van der Waals surface area (Å²) in [6.07, 6.45) is 3.32. The van der Waals surface area contributed by atoms with Crippen molar-refractivity contribution in [1.82, 2.24) is 15.1 Å². The van der Waals surface area contributed by atoms with Crippen LogP contribution < -0.4 is 0 Å². The van der Waals surface area contributed by atoms with Gasteiger partial charge in [-0.2, -0.15) is 5.10 Å². The van der Waals surface area contributed by atoms with Crippen molar-refractivity contribution in [1.29, 1.82) is 0 Å². The highest BCUT2D eigenvalue weighted by molar-refractivity contribution is 5.95. The molecule has 5 heteroatoms. The molecule has 5 nitrogen and oxygen atoms in total. The third kappa shape index (κ3) is 3.06. The van der Waals surface area contributed by atoms with Crippen molar-refractivity contribution in [3.63, 3.8) is 0 Å². The Morgan fingerprint density at radius 2 is 2.18 bits per heavy atom. The predicted octanol–water partition coefficient (Wildman–Crippen LogP) is 1.34. The van der Waals surface area contributed by atoms with Crippen LogP contribution in [0.4, 0.5) is 0 Å². The van der Waals surface area contributed by atoms with Crippen molar-refractivity contribution < 1.29 is 9.90 Å². The van der Waals surface area contributed by atoms with E-state index >= 15 is 0 Å². The van der Waals surface area contributed by atoms with Crippen LogP contribution in [0.25, 0.3) is 0 Å². The maximum atomic E-state index is 12.3. The SMILES string of the molecule is CCC(CC)N(CCO)C(=O)c1cn[nH]c1C. The average molecular weight is 239 g/mol. The first-order valence-electron chi connectivity index (χ1n) is 6.07. The van der Waals surface area contributed by atoms with E-state index in [1.165, 1.54) is 0 Å². The number of H-pyrrole nitrogens is 1. The quantitative estimate of drug-likeness (QED) is 0.787. The van der Waals surface area contributed by atoms with E-state index in [1.54, 1.807) is 11.1 Å². The lowest BCUT2D eigenvalue weighted by Gasteiger charge is -2.29. The van der Waals surface area contributed by atoms with E-state index in [4.69, 9.17) is 5.11 Å². The first-order chi connectivity index (χ1) is 8.15. The maximum Gasteiger partial charge on any atom is 0.257 e. The molecule has 0 atom stereocenters. The zero-order valence-electron chi connectivity index (χ0n) is 10.7. The summed E-state index contributed by atoms with van der Waals surface area (Å²) in [6, 6.07) is 0.170. The normalized spacial score (nSPS) is 10.9. The summed E-state index contributed by atoms with van der Waals surface area (Å²) in [6.45, 7) is 6.28. The first kappa shape index (κ1) is 13.7. The number of aliphatic hydroxyl groups excluding tert-OH is 1. The Bertz CT molecular complexity index is 358. The van der Waals surface area contributed by atoms with Gasteiger partial charge in [0.15, 0.2) is 0 Å². The summed E-state index contributed by atoms with van der Waals surface area (Å²) in [4.78, 5) is 14.1. The van der Waals surface area contributed by atoms with Crippen molar-refractivity contribution >= 4 is 5.91 Å². The first-order valence-corrected chi connectivity index (χ1v) is 6.07. The number of amides is 1. The molecule has 0 aliphatic carbocycles. The Morgan fingerprint density at radius 1 is 1.53 bits per heavy atom. The minimum atomic E-state index is -0.0565. The van der Waals surface area contributed by atoms with Crippen LogP contribution in [0, 0.1) is 6.92 Å². The fraction of sp³-hybridized carbons (Fsp3) is 0.667. The second-order valence-electron chi connectivity index (χ2n) is 4.10. The number of hydrogen-bond acceptors (Lipinski definition) is 3. The summed E-state index contributed by atoms with van der Waals surface area (Å²) in [7, 11) is 0. The van der Waals surface area contributed by atoms with Crippen molar-refractivity contribution in [3.05, 3.63) is 17.5 Å². The third-order valence-corrected chi connectivity index (χ3v) is 3.05. The molecule has 0 aliphatic rings. The van der Waals surface area contributed by atoms with Gasteiger partial charge in [0.2, 0.25) is 0 Å². The van der Waals surface area contributed by atoms with Gasteiger partial charge in [0.05, 0.1) is 18.4 Å². The number of aliphatic hydroxyl groups is 1. The van der Waals surface area contributed by atoms with E-state index in [2.05, 4.69) is 10.2 Å². The maximum absolute atomic E-state index is 12.3. The fourth-order valence-corrected chi connectivity index (χ4v) is 2.01. The van der Waals surface area contributed by atoms with Crippen molar-refractivity contribution in [3.8, 4) is 0 Å². The Kier molecular flexibility index (Phi) is 5.15. The molecule has 0 fully saturated rings. The number of carbonyl (C=O) groups excluding carboxylic acids is 1. The minimum absolute atomic E-state index is 0.0147. The molecular weight excluding hydrogens is 218 g/mol. The standard InChI is InChI=1S/C12H21N3O2/c1-4-10(5-2)15(6-7-16)12(17)11-8-13-14-9(11)3/h8,10,16H,4-7H2,1-3H3,(H,13,14). The lowest BCUT2D eigenvalue weighted by atomic mass is 10.1. The van der Waals surface area contributed by atoms with Crippen LogP contribution >= 0.6 is 0 Å². The van der Waals surface area contributed by atoms with Gasteiger partial charge in [0.1, 0.15) is 0 Å². The molecule has 1 aromatic heterocycles. The molecule has 0 unspecified atom stereocenters. The minimum Gasteiger partial charge on any atom is -0.395 e. The highest BCUT2D eigenvalue weighted by atomic mass is 16.3. The van der Waals surface area contributed by atoms with Gasteiger partial charge in [-0.15, -0.1) is 0 Å². The molecule has 1 amide bonds. The number of aromatic amines is 1. The monoisotopic (exact) mass is 239 g/mol. The van der Waals surface area contributed by atoms with Crippen LogP contribution in [0.2, 0.25) is 0 Å². The fourth-order valence-electron chi connectivity index (χ4n) is 2.01. The van der Waals surface area contributed by atoms with Gasteiger partial charge < -0.3 is 10.0 Å². The second-order valence-corrected chi connectivity index (χ2v) is 4.10. The van der Waals surface area contributed by atoms with Gasteiger partial charge in [-0.3, -0.25) is 9.89 Å². The number of nitrogens with one attached hydrogen (secondary N) is 1. The van der Waals surface area contributed by atoms with Gasteiger partial charge in [-0.25, -0.2) is 0 Å². The van der Waals surface area contributed by atoms with Crippen molar-refractivity contribution in [2.75, 3.05) is 13.2 Å². The predicted molar refractivity (Wildman–Crippen MR) is 65.8 cm³/mol. The Labute approximate surface area is 102 Å². The topological polar surface area (TPSA) is 69.2 Å². The molecule has 0 spiro atoms. The zero-order valence-corrected chi connectivity index (χ0v) is 10.7. The average Bonchev–Trinajstić information content (AvgIpc) is 2.75. The van der Waals surface area contributed by atoms with Crippen LogP contribution in [0.15, 0.2) is 6.20 Å². The van der Waals surface area contributed by atoms with E-state index in [1.807, 2.05) is 20.8 Å². The smallest absolute Gasteiger partial charge is 0.257 e. The van der Waals surface area contributed by atoms with Gasteiger partial charge >= 0.3 is 0 Å². The number of hydrogen-bond donors (Lipinski definition) is 2. The van der Waals surface area contributed by atoms with Crippen LogP contribution in [-0.2, 0) is 0 Å². The van der Waals surface area contributed by atoms with Crippen molar-refractivity contribution in [2.24, 2.45) is 0 Å². The van der Waals surface area contributed by atoms with E-state index in [0.29, 0.717) is 12.1 Å². The van der Waals surface area contributed by atoms with Crippen LogP contribution in [-0.4, -0.2) is 45.3 Å². The molecule has 17 heavy (non-hydrogen) atoms. The molecular formula is C12H21N3O2. The molecule has 1 aromatic rings. The summed E-state index contributed by atoms with van der Waals surface area (Å²) in [5.41, 5.74) is 1.36. The number of rotatable bonds is 6. The lowest BCUT2D eigenvalue weighted by Crippen LogP contribution is -2.41. The molecule has 2 N–H and O–H groups in total. The number of aromatic nitrogens is 2. The largest absolute Gasteiger partial charge is 0.395 e. The molecule has 0 saturated carbocycles. The Balaban J connectivity index is 2.91. The van der Waals surface area contributed by atoms with E-state index in [-0.39, 0.29) is 18.6 Å². The molecule has 0 aromatic carbocycles. The number of aryl methyl sites for hydroxylation is 1. The molecule has 0 radical (unpaired) electrons. The van der Waals surface area contributed by atoms with Gasteiger partial charge in [-0.1, -0.05) is 13.8 Å². The highest BCUT2D eigenvalue weighted by Gasteiger charge is 2.23. The molecule has 0 saturated heterocycles. The van der Waals surface area contributed by atoms with Gasteiger partial charge in [0.25, 0.3) is 5.91 Å². The van der Waals surface area contributed by atoms with Gasteiger partial charge in [-0.05, 0) is 19.8 Å². The zero-order chi connectivity index (χ0) is 12.8. The Hall–Kier alpha value is -1.36. The van der Waals surface area contributed by atoms with Crippen LogP contribution in [0.3, 0.4) is 0 Å².